The molecule has 1 saturated heterocycles. The fourth-order valence-corrected chi connectivity index (χ4v) is 3.54. The third-order valence-corrected chi connectivity index (χ3v) is 5.15. The Balaban J connectivity index is 1.39. The first-order valence-corrected chi connectivity index (χ1v) is 9.70. The molecule has 0 amide bonds. The van der Waals surface area contributed by atoms with E-state index >= 15 is 0 Å². The molecule has 1 aliphatic heterocycles. The second-order valence-electron chi connectivity index (χ2n) is 7.05. The molecule has 0 unspecified atom stereocenters. The van der Waals surface area contributed by atoms with Gasteiger partial charge < -0.3 is 18.3 Å². The summed E-state index contributed by atoms with van der Waals surface area (Å²) in [5.74, 6) is 1.12. The van der Waals surface area contributed by atoms with Gasteiger partial charge in [0.2, 0.25) is 0 Å². The number of ether oxygens (including phenoxy) is 2. The average Bonchev–Trinajstić information content (AvgIpc) is 3.22. The summed E-state index contributed by atoms with van der Waals surface area (Å²) in [5.41, 5.74) is 2.00. The van der Waals surface area contributed by atoms with Crippen LogP contribution in [0.5, 0.6) is 5.75 Å². The molecule has 0 spiro atoms. The summed E-state index contributed by atoms with van der Waals surface area (Å²) in [7, 11) is 0. The van der Waals surface area contributed by atoms with E-state index in [0.717, 1.165) is 38.4 Å². The summed E-state index contributed by atoms with van der Waals surface area (Å²) < 4.78 is 19.2. The van der Waals surface area contributed by atoms with Gasteiger partial charge in [-0.15, -0.1) is 0 Å². The minimum atomic E-state index is -0.0989. The quantitative estimate of drug-likeness (QED) is 0.521. The van der Waals surface area contributed by atoms with E-state index < -0.39 is 0 Å². The number of fused-ring (bicyclic) bond motifs is 2. The Morgan fingerprint density at radius 2 is 2.00 bits per heavy atom. The third kappa shape index (κ3) is 3.74. The lowest BCUT2D eigenvalue weighted by atomic mass is 10.2. The van der Waals surface area contributed by atoms with Gasteiger partial charge in [0.25, 0.3) is 0 Å². The second kappa shape index (κ2) is 7.69. The van der Waals surface area contributed by atoms with Gasteiger partial charge in [0.1, 0.15) is 23.6 Å². The van der Waals surface area contributed by atoms with Gasteiger partial charge in [0.05, 0.1) is 24.9 Å². The average molecular weight is 391 g/mol. The van der Waals surface area contributed by atoms with Crippen molar-refractivity contribution in [3.63, 3.8) is 0 Å². The van der Waals surface area contributed by atoms with Gasteiger partial charge in [-0.1, -0.05) is 0 Å². The van der Waals surface area contributed by atoms with Crippen molar-refractivity contribution < 1.29 is 13.9 Å². The Morgan fingerprint density at radius 3 is 2.90 bits per heavy atom. The Kier molecular flexibility index (Phi) is 4.75. The Labute approximate surface area is 167 Å². The molecule has 0 radical (unpaired) electrons. The predicted molar refractivity (Wildman–Crippen MR) is 109 cm³/mol. The van der Waals surface area contributed by atoms with Crippen LogP contribution >= 0.6 is 0 Å². The lowest BCUT2D eigenvalue weighted by Crippen LogP contribution is -2.38. The van der Waals surface area contributed by atoms with Gasteiger partial charge in [0, 0.05) is 43.5 Å². The van der Waals surface area contributed by atoms with Crippen molar-refractivity contribution in [2.45, 2.75) is 0 Å². The predicted octanol–water partition coefficient (Wildman–Crippen LogP) is 2.82. The number of aromatic nitrogens is 2. The molecule has 0 aliphatic carbocycles. The van der Waals surface area contributed by atoms with E-state index in [1.807, 2.05) is 34.9 Å². The molecular formula is C22H21N3O4. The first-order valence-electron chi connectivity index (χ1n) is 9.70. The summed E-state index contributed by atoms with van der Waals surface area (Å²) in [6, 6.07) is 12.6. The van der Waals surface area contributed by atoms with Crippen molar-refractivity contribution in [3.05, 3.63) is 65.2 Å². The number of nitrogens with zero attached hydrogens (tertiary/aromatic N) is 3. The van der Waals surface area contributed by atoms with E-state index in [0.29, 0.717) is 34.8 Å². The Bertz CT molecular complexity index is 1210. The largest absolute Gasteiger partial charge is 0.492 e. The zero-order valence-electron chi connectivity index (χ0n) is 15.9. The molecule has 0 atom stereocenters. The maximum atomic E-state index is 12.6. The molecule has 4 heterocycles. The van der Waals surface area contributed by atoms with Gasteiger partial charge in [-0.2, -0.15) is 0 Å². The molecular weight excluding hydrogens is 370 g/mol. The summed E-state index contributed by atoms with van der Waals surface area (Å²) in [4.78, 5) is 19.3. The van der Waals surface area contributed by atoms with Gasteiger partial charge in [-0.25, -0.2) is 4.98 Å². The van der Waals surface area contributed by atoms with E-state index in [9.17, 15) is 4.79 Å². The number of rotatable bonds is 5. The second-order valence-corrected chi connectivity index (χ2v) is 7.05. The van der Waals surface area contributed by atoms with Gasteiger partial charge in [-0.3, -0.25) is 9.69 Å². The van der Waals surface area contributed by atoms with Crippen LogP contribution in [0.4, 0.5) is 0 Å². The molecule has 0 saturated carbocycles. The van der Waals surface area contributed by atoms with Crippen LogP contribution in [0.2, 0.25) is 0 Å². The molecule has 5 rings (SSSR count). The van der Waals surface area contributed by atoms with Gasteiger partial charge >= 0.3 is 0 Å². The topological polar surface area (TPSA) is 69.2 Å². The van der Waals surface area contributed by atoms with Gasteiger partial charge in [0.15, 0.2) is 11.2 Å². The molecule has 3 aromatic heterocycles. The highest BCUT2D eigenvalue weighted by Crippen LogP contribution is 2.24. The van der Waals surface area contributed by atoms with E-state index in [4.69, 9.17) is 13.9 Å². The van der Waals surface area contributed by atoms with Crippen molar-refractivity contribution in [3.8, 4) is 17.2 Å². The van der Waals surface area contributed by atoms with Crippen LogP contribution in [0.25, 0.3) is 27.9 Å². The molecule has 7 nitrogen and oxygen atoms in total. The van der Waals surface area contributed by atoms with Crippen LogP contribution in [0.3, 0.4) is 0 Å². The van der Waals surface area contributed by atoms with Crippen LogP contribution in [-0.2, 0) is 4.74 Å². The summed E-state index contributed by atoms with van der Waals surface area (Å²) >= 11 is 0. The first-order chi connectivity index (χ1) is 14.3. The monoisotopic (exact) mass is 391 g/mol. The molecule has 7 heteroatoms. The molecule has 148 valence electrons. The Hall–Kier alpha value is -3.16. The summed E-state index contributed by atoms with van der Waals surface area (Å²) in [5, 5.41) is 0.526. The molecule has 1 fully saturated rings. The fraction of sp³-hybridized carbons (Fsp3) is 0.273. The van der Waals surface area contributed by atoms with Crippen molar-refractivity contribution in [1.82, 2.24) is 14.3 Å². The van der Waals surface area contributed by atoms with Crippen LogP contribution in [0.1, 0.15) is 0 Å². The molecule has 1 aliphatic rings. The zero-order valence-corrected chi connectivity index (χ0v) is 15.9. The fourth-order valence-electron chi connectivity index (χ4n) is 3.54. The Morgan fingerprint density at radius 1 is 1.10 bits per heavy atom. The van der Waals surface area contributed by atoms with Crippen LogP contribution in [0.15, 0.2) is 64.2 Å². The van der Waals surface area contributed by atoms with Gasteiger partial charge in [-0.05, 0) is 30.3 Å². The SMILES string of the molecule is O=c1cc(-c2cc3cccn3cn2)oc2cc(OCCN3CCOCC3)ccc12. The number of hydrogen-bond acceptors (Lipinski definition) is 6. The minimum Gasteiger partial charge on any atom is -0.492 e. The molecule has 0 bridgehead atoms. The molecule has 0 N–H and O–H groups in total. The van der Waals surface area contributed by atoms with Crippen molar-refractivity contribution in [2.24, 2.45) is 0 Å². The summed E-state index contributed by atoms with van der Waals surface area (Å²) in [6.07, 6.45) is 3.63. The standard InChI is InChI=1S/C22H21N3O4/c26-20-14-22(19-12-16-2-1-5-25(16)15-23-19)29-21-13-17(3-4-18(20)21)28-11-8-24-6-9-27-10-7-24/h1-5,12-15H,6-11H2. The number of benzene rings is 1. The molecule has 29 heavy (non-hydrogen) atoms. The smallest absolute Gasteiger partial charge is 0.193 e. The lowest BCUT2D eigenvalue weighted by Gasteiger charge is -2.26. The van der Waals surface area contributed by atoms with Crippen LogP contribution < -0.4 is 10.2 Å². The molecule has 1 aromatic carbocycles. The summed E-state index contributed by atoms with van der Waals surface area (Å²) in [6.45, 7) is 4.81. The van der Waals surface area contributed by atoms with Crippen molar-refractivity contribution in [2.75, 3.05) is 39.5 Å². The van der Waals surface area contributed by atoms with Crippen LogP contribution in [0, 0.1) is 0 Å². The maximum absolute atomic E-state index is 12.6. The molecule has 4 aromatic rings. The maximum Gasteiger partial charge on any atom is 0.193 e. The normalized spacial score (nSPS) is 15.2. The highest BCUT2D eigenvalue weighted by Gasteiger charge is 2.12. The highest BCUT2D eigenvalue weighted by molar-refractivity contribution is 5.80. The van der Waals surface area contributed by atoms with E-state index in [1.165, 1.54) is 6.07 Å². The number of hydrogen-bond donors (Lipinski definition) is 0. The van der Waals surface area contributed by atoms with Crippen LogP contribution in [-0.4, -0.2) is 53.7 Å². The highest BCUT2D eigenvalue weighted by atomic mass is 16.5. The van der Waals surface area contributed by atoms with Crippen molar-refractivity contribution >= 4 is 16.5 Å². The number of morpholine rings is 1. The minimum absolute atomic E-state index is 0.0989. The third-order valence-electron chi connectivity index (χ3n) is 5.15. The van der Waals surface area contributed by atoms with E-state index in [-0.39, 0.29) is 5.43 Å². The first kappa shape index (κ1) is 17.9. The zero-order chi connectivity index (χ0) is 19.6. The van der Waals surface area contributed by atoms with E-state index in [1.54, 1.807) is 18.5 Å². The lowest BCUT2D eigenvalue weighted by molar-refractivity contribution is 0.0322. The van der Waals surface area contributed by atoms with E-state index in [2.05, 4.69) is 9.88 Å². The van der Waals surface area contributed by atoms with Crippen molar-refractivity contribution in [1.29, 1.82) is 0 Å².